The molecule has 6 heteroatoms. The molecule has 0 aliphatic heterocycles. The fraction of sp³-hybridized carbons (Fsp3) is 0.286. The molecular formula is C14H16N4O2. The molecular weight excluding hydrogens is 256 g/mol. The first kappa shape index (κ1) is 12.7. The van der Waals surface area contributed by atoms with E-state index in [1.165, 1.54) is 0 Å². The molecule has 2 aromatic heterocycles. The number of hydrogen-bond donors (Lipinski definition) is 3. The van der Waals surface area contributed by atoms with Crippen molar-refractivity contribution in [2.24, 2.45) is 0 Å². The number of oxazole rings is 1. The molecule has 0 spiro atoms. The van der Waals surface area contributed by atoms with Gasteiger partial charge < -0.3 is 19.7 Å². The summed E-state index contributed by atoms with van der Waals surface area (Å²) in [4.78, 5) is 20.9. The molecule has 1 unspecified atom stereocenters. The summed E-state index contributed by atoms with van der Waals surface area (Å²) in [6.45, 7) is 4.49. The van der Waals surface area contributed by atoms with Gasteiger partial charge in [0.15, 0.2) is 0 Å². The van der Waals surface area contributed by atoms with E-state index >= 15 is 0 Å². The van der Waals surface area contributed by atoms with Gasteiger partial charge in [0.05, 0.1) is 23.8 Å². The van der Waals surface area contributed by atoms with E-state index in [0.717, 1.165) is 22.4 Å². The third-order valence-electron chi connectivity index (χ3n) is 3.27. The lowest BCUT2D eigenvalue weighted by Gasteiger charge is -2.12. The number of nitrogens with zero attached hydrogens (tertiary/aromatic N) is 1. The van der Waals surface area contributed by atoms with Crippen LogP contribution in [-0.4, -0.2) is 15.0 Å². The maximum atomic E-state index is 11.2. The number of benzene rings is 1. The van der Waals surface area contributed by atoms with Gasteiger partial charge in [-0.1, -0.05) is 6.07 Å². The number of aryl methyl sites for hydroxylation is 1. The molecule has 0 saturated carbocycles. The maximum absolute atomic E-state index is 11.2. The molecule has 0 aliphatic carbocycles. The highest BCUT2D eigenvalue weighted by atomic mass is 16.4. The number of aromatic amines is 2. The van der Waals surface area contributed by atoms with E-state index in [1.54, 1.807) is 6.20 Å². The number of fused-ring (bicyclic) bond motifs is 1. The minimum atomic E-state index is -0.187. The average molecular weight is 272 g/mol. The lowest BCUT2D eigenvalue weighted by atomic mass is 10.1. The molecule has 1 atom stereocenters. The Balaban J connectivity index is 1.74. The van der Waals surface area contributed by atoms with E-state index in [0.29, 0.717) is 12.4 Å². The average Bonchev–Trinajstić information content (AvgIpc) is 2.99. The van der Waals surface area contributed by atoms with Crippen LogP contribution in [0, 0.1) is 6.92 Å². The van der Waals surface area contributed by atoms with Crippen LogP contribution >= 0.6 is 0 Å². The molecule has 104 valence electrons. The number of aromatic nitrogens is 3. The second-order valence-corrected chi connectivity index (χ2v) is 4.85. The topological polar surface area (TPSA) is 86.7 Å². The lowest BCUT2D eigenvalue weighted by molar-refractivity contribution is 0.432. The van der Waals surface area contributed by atoms with E-state index in [4.69, 9.17) is 4.42 Å². The van der Waals surface area contributed by atoms with Crippen molar-refractivity contribution in [1.82, 2.24) is 20.3 Å². The molecule has 0 amide bonds. The normalized spacial score (nSPS) is 12.9. The molecule has 0 radical (unpaired) electrons. The van der Waals surface area contributed by atoms with Crippen LogP contribution in [0.2, 0.25) is 0 Å². The Kier molecular flexibility index (Phi) is 3.15. The first-order valence-electron chi connectivity index (χ1n) is 6.48. The highest BCUT2D eigenvalue weighted by Gasteiger charge is 2.08. The summed E-state index contributed by atoms with van der Waals surface area (Å²) in [5.41, 5.74) is 2.53. The largest absolute Gasteiger partial charge is 0.445 e. The fourth-order valence-corrected chi connectivity index (χ4v) is 2.16. The number of H-pyrrole nitrogens is 2. The first-order valence-corrected chi connectivity index (χ1v) is 6.48. The standard InChI is InChI=1S/C14H16N4O2/c1-8-6-16-13(20-8)7-15-9(2)10-3-4-11-12(5-10)18-14(19)17-11/h3-6,9,15H,7H2,1-2H3,(H2,17,18,19). The molecule has 6 nitrogen and oxygen atoms in total. The van der Waals surface area contributed by atoms with E-state index in [1.807, 2.05) is 25.1 Å². The van der Waals surface area contributed by atoms with Gasteiger partial charge in [0, 0.05) is 6.04 Å². The zero-order chi connectivity index (χ0) is 14.1. The van der Waals surface area contributed by atoms with Crippen molar-refractivity contribution in [3.05, 3.63) is 52.1 Å². The van der Waals surface area contributed by atoms with Crippen molar-refractivity contribution < 1.29 is 4.42 Å². The zero-order valence-electron chi connectivity index (χ0n) is 11.4. The Hall–Kier alpha value is -2.34. The third-order valence-corrected chi connectivity index (χ3v) is 3.27. The Bertz CT molecular complexity index is 784. The second kappa shape index (κ2) is 4.97. The quantitative estimate of drug-likeness (QED) is 0.678. The van der Waals surface area contributed by atoms with Crippen molar-refractivity contribution in [1.29, 1.82) is 0 Å². The van der Waals surface area contributed by atoms with Crippen LogP contribution in [0.5, 0.6) is 0 Å². The maximum Gasteiger partial charge on any atom is 0.323 e. The molecule has 1 aromatic carbocycles. The summed E-state index contributed by atoms with van der Waals surface area (Å²) in [6.07, 6.45) is 1.71. The van der Waals surface area contributed by atoms with Gasteiger partial charge in [-0.05, 0) is 31.5 Å². The first-order chi connectivity index (χ1) is 9.61. The molecule has 0 aliphatic rings. The molecule has 3 aromatic rings. The number of imidazole rings is 1. The van der Waals surface area contributed by atoms with Gasteiger partial charge >= 0.3 is 5.69 Å². The lowest BCUT2D eigenvalue weighted by Crippen LogP contribution is -2.18. The molecule has 3 rings (SSSR count). The fourth-order valence-electron chi connectivity index (χ4n) is 2.16. The second-order valence-electron chi connectivity index (χ2n) is 4.85. The van der Waals surface area contributed by atoms with Crippen molar-refractivity contribution in [3.63, 3.8) is 0 Å². The van der Waals surface area contributed by atoms with Crippen molar-refractivity contribution in [3.8, 4) is 0 Å². The van der Waals surface area contributed by atoms with Gasteiger partial charge in [-0.15, -0.1) is 0 Å². The summed E-state index contributed by atoms with van der Waals surface area (Å²) in [5, 5.41) is 3.34. The van der Waals surface area contributed by atoms with Crippen LogP contribution in [0.1, 0.15) is 30.2 Å². The minimum Gasteiger partial charge on any atom is -0.445 e. The van der Waals surface area contributed by atoms with Crippen LogP contribution in [0.4, 0.5) is 0 Å². The van der Waals surface area contributed by atoms with Crippen LogP contribution in [0.3, 0.4) is 0 Å². The monoisotopic (exact) mass is 272 g/mol. The van der Waals surface area contributed by atoms with Gasteiger partial charge in [0.25, 0.3) is 0 Å². The van der Waals surface area contributed by atoms with Gasteiger partial charge in [0.1, 0.15) is 5.76 Å². The summed E-state index contributed by atoms with van der Waals surface area (Å²) in [5.74, 6) is 1.48. The number of hydrogen-bond acceptors (Lipinski definition) is 4. The van der Waals surface area contributed by atoms with Crippen LogP contribution in [-0.2, 0) is 6.54 Å². The van der Waals surface area contributed by atoms with E-state index in [9.17, 15) is 4.79 Å². The summed E-state index contributed by atoms with van der Waals surface area (Å²) < 4.78 is 5.42. The van der Waals surface area contributed by atoms with Gasteiger partial charge in [-0.25, -0.2) is 9.78 Å². The number of rotatable bonds is 4. The van der Waals surface area contributed by atoms with Gasteiger partial charge in [-0.3, -0.25) is 0 Å². The van der Waals surface area contributed by atoms with Crippen LogP contribution in [0.25, 0.3) is 11.0 Å². The van der Waals surface area contributed by atoms with Gasteiger partial charge in [0.2, 0.25) is 5.89 Å². The molecule has 3 N–H and O–H groups in total. The summed E-state index contributed by atoms with van der Waals surface area (Å²) >= 11 is 0. The minimum absolute atomic E-state index is 0.130. The highest BCUT2D eigenvalue weighted by Crippen LogP contribution is 2.17. The van der Waals surface area contributed by atoms with Crippen molar-refractivity contribution in [2.45, 2.75) is 26.4 Å². The molecule has 20 heavy (non-hydrogen) atoms. The van der Waals surface area contributed by atoms with Gasteiger partial charge in [-0.2, -0.15) is 0 Å². The Morgan fingerprint density at radius 3 is 2.90 bits per heavy atom. The molecule has 0 fully saturated rings. The Labute approximate surface area is 115 Å². The van der Waals surface area contributed by atoms with Crippen molar-refractivity contribution in [2.75, 3.05) is 0 Å². The molecule has 2 heterocycles. The van der Waals surface area contributed by atoms with E-state index in [2.05, 4.69) is 27.2 Å². The molecule has 0 bridgehead atoms. The van der Waals surface area contributed by atoms with Crippen LogP contribution < -0.4 is 11.0 Å². The zero-order valence-corrected chi connectivity index (χ0v) is 11.4. The van der Waals surface area contributed by atoms with Crippen LogP contribution in [0.15, 0.2) is 33.6 Å². The summed E-state index contributed by atoms with van der Waals surface area (Å²) in [7, 11) is 0. The predicted molar refractivity (Wildman–Crippen MR) is 75.4 cm³/mol. The Morgan fingerprint density at radius 1 is 1.35 bits per heavy atom. The van der Waals surface area contributed by atoms with E-state index in [-0.39, 0.29) is 11.7 Å². The highest BCUT2D eigenvalue weighted by molar-refractivity contribution is 5.75. The summed E-state index contributed by atoms with van der Waals surface area (Å²) in [6, 6.07) is 5.98. The predicted octanol–water partition coefficient (Wildman–Crippen LogP) is 2.00. The smallest absolute Gasteiger partial charge is 0.323 e. The molecule has 0 saturated heterocycles. The van der Waals surface area contributed by atoms with Crippen molar-refractivity contribution >= 4 is 11.0 Å². The third kappa shape index (κ3) is 2.50. The SMILES string of the molecule is Cc1cnc(CNC(C)c2ccc3[nH]c(=O)[nH]c3c2)o1. The number of nitrogens with one attached hydrogen (secondary N) is 3. The Morgan fingerprint density at radius 2 is 2.15 bits per heavy atom. The van der Waals surface area contributed by atoms with E-state index < -0.39 is 0 Å².